The van der Waals surface area contributed by atoms with E-state index in [1.54, 1.807) is 0 Å². The van der Waals surface area contributed by atoms with Crippen molar-refractivity contribution in [3.63, 3.8) is 0 Å². The van der Waals surface area contributed by atoms with Crippen molar-refractivity contribution in [2.24, 2.45) is 11.8 Å². The summed E-state index contributed by atoms with van der Waals surface area (Å²) in [5.41, 5.74) is -5.40. The van der Waals surface area contributed by atoms with E-state index in [-0.39, 0.29) is 24.0 Å². The summed E-state index contributed by atoms with van der Waals surface area (Å²) in [6.07, 6.45) is 3.47. The van der Waals surface area contributed by atoms with Gasteiger partial charge in [0.1, 0.15) is 5.76 Å². The minimum atomic E-state index is -5.59. The van der Waals surface area contributed by atoms with Crippen LogP contribution in [0.5, 0.6) is 0 Å². The summed E-state index contributed by atoms with van der Waals surface area (Å²) in [4.78, 5) is 0. The molecule has 1 aliphatic heterocycles. The molecule has 0 amide bonds. The maximum absolute atomic E-state index is 12.3. The standard InChI is InChI=1S/C12H15F3O5S/c13-12(14,15)21(16,17)20-10-4-8-3-9(5-10)7-11(6-8)18-1-2-19-11/h4,8-9H,1-3,5-7H2/t8-,9+/m0/s1. The Hall–Kier alpha value is -0.800. The number of rotatable bonds is 2. The number of allylic oxidation sites excluding steroid dienone is 2. The second-order valence-electron chi connectivity index (χ2n) is 5.70. The first-order valence-electron chi connectivity index (χ1n) is 6.68. The van der Waals surface area contributed by atoms with E-state index in [1.807, 2.05) is 0 Å². The Labute approximate surface area is 120 Å². The van der Waals surface area contributed by atoms with Crippen LogP contribution in [0.3, 0.4) is 0 Å². The molecule has 0 aromatic heterocycles. The van der Waals surface area contributed by atoms with Gasteiger partial charge in [-0.2, -0.15) is 21.6 Å². The van der Waals surface area contributed by atoms with Crippen molar-refractivity contribution in [2.75, 3.05) is 13.2 Å². The van der Waals surface area contributed by atoms with Crippen LogP contribution < -0.4 is 0 Å². The number of fused-ring (bicyclic) bond motifs is 2. The van der Waals surface area contributed by atoms with Crippen LogP contribution in [-0.4, -0.2) is 32.9 Å². The lowest BCUT2D eigenvalue weighted by Gasteiger charge is -2.42. The normalized spacial score (nSPS) is 32.0. The zero-order valence-electron chi connectivity index (χ0n) is 11.1. The van der Waals surface area contributed by atoms with Gasteiger partial charge >= 0.3 is 15.6 Å². The van der Waals surface area contributed by atoms with E-state index in [4.69, 9.17) is 9.47 Å². The quantitative estimate of drug-likeness (QED) is 0.575. The van der Waals surface area contributed by atoms with Crippen LogP contribution in [0.1, 0.15) is 25.7 Å². The van der Waals surface area contributed by atoms with Crippen molar-refractivity contribution < 1.29 is 35.2 Å². The summed E-state index contributed by atoms with van der Waals surface area (Å²) in [6.45, 7) is 1.02. The highest BCUT2D eigenvalue weighted by Crippen LogP contribution is 2.47. The number of hydrogen-bond donors (Lipinski definition) is 0. The fourth-order valence-corrected chi connectivity index (χ4v) is 3.90. The molecule has 0 N–H and O–H groups in total. The van der Waals surface area contributed by atoms with Crippen LogP contribution in [0.4, 0.5) is 13.2 Å². The molecule has 0 aromatic rings. The maximum Gasteiger partial charge on any atom is 0.534 e. The fraction of sp³-hybridized carbons (Fsp3) is 0.833. The summed E-state index contributed by atoms with van der Waals surface area (Å²) in [6, 6.07) is 0. The molecular weight excluding hydrogens is 313 g/mol. The molecule has 2 bridgehead atoms. The van der Waals surface area contributed by atoms with Crippen LogP contribution in [-0.2, 0) is 23.8 Å². The maximum atomic E-state index is 12.3. The zero-order valence-corrected chi connectivity index (χ0v) is 11.9. The number of hydrogen-bond acceptors (Lipinski definition) is 5. The van der Waals surface area contributed by atoms with E-state index in [9.17, 15) is 21.6 Å². The van der Waals surface area contributed by atoms with Gasteiger partial charge in [-0.1, -0.05) is 0 Å². The Balaban J connectivity index is 1.75. The molecule has 1 saturated carbocycles. The Morgan fingerprint density at radius 2 is 1.90 bits per heavy atom. The summed E-state index contributed by atoms with van der Waals surface area (Å²) in [7, 11) is -5.59. The zero-order chi connectivity index (χ0) is 15.3. The minimum absolute atomic E-state index is 0.00489. The van der Waals surface area contributed by atoms with Gasteiger partial charge in [-0.05, 0) is 24.3 Å². The summed E-state index contributed by atoms with van der Waals surface area (Å²) >= 11 is 0. The molecule has 3 aliphatic rings. The molecule has 2 fully saturated rings. The van der Waals surface area contributed by atoms with E-state index < -0.39 is 21.4 Å². The SMILES string of the molecule is O=S(=O)(OC1=C[C@@H]2C[C@H](C1)CC1(C2)OCCO1)C(F)(F)F. The van der Waals surface area contributed by atoms with Crippen molar-refractivity contribution in [2.45, 2.75) is 37.0 Å². The van der Waals surface area contributed by atoms with Crippen molar-refractivity contribution in [3.8, 4) is 0 Å². The number of alkyl halides is 3. The molecule has 5 nitrogen and oxygen atoms in total. The van der Waals surface area contributed by atoms with E-state index >= 15 is 0 Å². The van der Waals surface area contributed by atoms with Gasteiger partial charge in [0.2, 0.25) is 0 Å². The highest BCUT2D eigenvalue weighted by atomic mass is 32.2. The monoisotopic (exact) mass is 328 g/mol. The molecule has 1 saturated heterocycles. The molecule has 120 valence electrons. The van der Waals surface area contributed by atoms with Crippen molar-refractivity contribution in [1.29, 1.82) is 0 Å². The van der Waals surface area contributed by atoms with Crippen LogP contribution in [0.2, 0.25) is 0 Å². The summed E-state index contributed by atoms with van der Waals surface area (Å²) in [5.74, 6) is -0.862. The van der Waals surface area contributed by atoms with Gasteiger partial charge in [-0.25, -0.2) is 0 Å². The number of ether oxygens (including phenoxy) is 2. The van der Waals surface area contributed by atoms with Gasteiger partial charge in [-0.3, -0.25) is 0 Å². The van der Waals surface area contributed by atoms with Crippen LogP contribution >= 0.6 is 0 Å². The van der Waals surface area contributed by atoms with E-state index in [1.165, 1.54) is 6.08 Å². The molecule has 0 unspecified atom stereocenters. The topological polar surface area (TPSA) is 61.8 Å². The van der Waals surface area contributed by atoms with Crippen LogP contribution in [0.15, 0.2) is 11.8 Å². The molecule has 21 heavy (non-hydrogen) atoms. The summed E-state index contributed by atoms with van der Waals surface area (Å²) < 4.78 is 74.6. The highest BCUT2D eigenvalue weighted by Gasteiger charge is 2.51. The molecule has 0 radical (unpaired) electrons. The van der Waals surface area contributed by atoms with Gasteiger partial charge in [0.15, 0.2) is 5.79 Å². The van der Waals surface area contributed by atoms with Crippen LogP contribution in [0, 0.1) is 11.8 Å². The Bertz CT molecular complexity index is 548. The average Bonchev–Trinajstić information content (AvgIpc) is 2.73. The largest absolute Gasteiger partial charge is 0.534 e. The Morgan fingerprint density at radius 1 is 1.24 bits per heavy atom. The third kappa shape index (κ3) is 2.91. The lowest BCUT2D eigenvalue weighted by atomic mass is 9.72. The summed E-state index contributed by atoms with van der Waals surface area (Å²) in [5, 5.41) is 0. The fourth-order valence-electron chi connectivity index (χ4n) is 3.40. The first kappa shape index (κ1) is 15.1. The lowest BCUT2D eigenvalue weighted by Crippen LogP contribution is -2.41. The molecule has 1 spiro atoms. The Morgan fingerprint density at radius 3 is 2.48 bits per heavy atom. The molecule has 2 aliphatic carbocycles. The molecule has 1 heterocycles. The minimum Gasteiger partial charge on any atom is -0.381 e. The third-order valence-corrected chi connectivity index (χ3v) is 5.03. The van der Waals surface area contributed by atoms with Crippen molar-refractivity contribution in [3.05, 3.63) is 11.8 Å². The first-order chi connectivity index (χ1) is 9.69. The smallest absolute Gasteiger partial charge is 0.381 e. The van der Waals surface area contributed by atoms with Gasteiger partial charge in [0.05, 0.1) is 13.2 Å². The third-order valence-electron chi connectivity index (χ3n) is 4.03. The van der Waals surface area contributed by atoms with Crippen molar-refractivity contribution in [1.82, 2.24) is 0 Å². The molecule has 0 aromatic carbocycles. The average molecular weight is 328 g/mol. The molecule has 3 rings (SSSR count). The van der Waals surface area contributed by atoms with Gasteiger partial charge in [-0.15, -0.1) is 0 Å². The predicted octanol–water partition coefficient (Wildman–Crippen LogP) is 2.30. The van der Waals surface area contributed by atoms with Gasteiger partial charge in [0.25, 0.3) is 0 Å². The molecule has 9 heteroatoms. The van der Waals surface area contributed by atoms with E-state index in [2.05, 4.69) is 4.18 Å². The van der Waals surface area contributed by atoms with E-state index in [0.29, 0.717) is 26.1 Å². The second-order valence-corrected chi connectivity index (χ2v) is 7.24. The van der Waals surface area contributed by atoms with Crippen LogP contribution in [0.25, 0.3) is 0 Å². The Kier molecular flexibility index (Phi) is 3.49. The predicted molar refractivity (Wildman–Crippen MR) is 64.2 cm³/mol. The lowest BCUT2D eigenvalue weighted by molar-refractivity contribution is -0.196. The highest BCUT2D eigenvalue weighted by molar-refractivity contribution is 7.87. The van der Waals surface area contributed by atoms with E-state index in [0.717, 1.165) is 6.42 Å². The molecule has 2 atom stereocenters. The first-order valence-corrected chi connectivity index (χ1v) is 8.09. The van der Waals surface area contributed by atoms with Gasteiger partial charge in [0, 0.05) is 19.3 Å². The van der Waals surface area contributed by atoms with Crippen molar-refractivity contribution >= 4 is 10.1 Å². The number of halogens is 3. The molecular formula is C12H15F3O5S. The van der Waals surface area contributed by atoms with Gasteiger partial charge < -0.3 is 13.7 Å². The second kappa shape index (κ2) is 4.85.